The number of rotatable bonds is 4. The van der Waals surface area contributed by atoms with Crippen LogP contribution in [0.3, 0.4) is 0 Å². The van der Waals surface area contributed by atoms with E-state index in [4.69, 9.17) is 5.14 Å². The van der Waals surface area contributed by atoms with E-state index >= 15 is 0 Å². The Labute approximate surface area is 135 Å². The van der Waals surface area contributed by atoms with Gasteiger partial charge in [-0.05, 0) is 36.8 Å². The Morgan fingerprint density at radius 3 is 2.43 bits per heavy atom. The molecule has 1 saturated carbocycles. The summed E-state index contributed by atoms with van der Waals surface area (Å²) in [5, 5.41) is 20.5. The fraction of sp³-hybridized carbons (Fsp3) is 0.500. The van der Waals surface area contributed by atoms with Gasteiger partial charge in [0.15, 0.2) is 0 Å². The fourth-order valence-electron chi connectivity index (χ4n) is 2.79. The van der Waals surface area contributed by atoms with Crippen molar-refractivity contribution in [2.75, 3.05) is 5.43 Å². The highest BCUT2D eigenvalue weighted by molar-refractivity contribution is 7.89. The van der Waals surface area contributed by atoms with E-state index in [1.54, 1.807) is 0 Å². The van der Waals surface area contributed by atoms with Crippen molar-refractivity contribution >= 4 is 27.1 Å². The number of nitrogens with zero attached hydrogens (tertiary/aromatic N) is 2. The predicted molar refractivity (Wildman–Crippen MR) is 87.7 cm³/mol. The average molecular weight is 340 g/mol. The topological polar surface area (TPSA) is 128 Å². The van der Waals surface area contributed by atoms with Gasteiger partial charge in [0.1, 0.15) is 5.69 Å². The predicted octanol–water partition coefficient (Wildman–Crippen LogP) is 2.47. The van der Waals surface area contributed by atoms with Gasteiger partial charge in [0.2, 0.25) is 10.0 Å². The molecule has 0 saturated heterocycles. The number of hydrogen-bond donors (Lipinski definition) is 2. The number of hydrazone groups is 1. The monoisotopic (exact) mass is 340 g/mol. The number of sulfonamides is 1. The molecule has 8 nitrogen and oxygen atoms in total. The molecule has 1 aromatic carbocycles. The van der Waals surface area contributed by atoms with E-state index in [0.29, 0.717) is 11.8 Å². The molecule has 126 valence electrons. The molecule has 1 aliphatic carbocycles. The summed E-state index contributed by atoms with van der Waals surface area (Å²) in [6, 6.07) is 3.46. The second-order valence-corrected chi connectivity index (χ2v) is 7.42. The number of primary sulfonamides is 1. The van der Waals surface area contributed by atoms with Crippen LogP contribution in [0.4, 0.5) is 11.4 Å². The third-order valence-electron chi connectivity index (χ3n) is 4.08. The summed E-state index contributed by atoms with van der Waals surface area (Å²) in [5.41, 5.74) is 3.45. The lowest BCUT2D eigenvalue weighted by Gasteiger charge is -2.26. The molecule has 0 spiro atoms. The first kappa shape index (κ1) is 17.4. The minimum Gasteiger partial charge on any atom is -0.272 e. The van der Waals surface area contributed by atoms with Crippen molar-refractivity contribution in [2.45, 2.75) is 38.0 Å². The van der Waals surface area contributed by atoms with Crippen LogP contribution in [0.25, 0.3) is 0 Å². The van der Waals surface area contributed by atoms with Crippen molar-refractivity contribution in [1.82, 2.24) is 0 Å². The third-order valence-corrected chi connectivity index (χ3v) is 4.99. The van der Waals surface area contributed by atoms with Crippen molar-refractivity contribution in [2.24, 2.45) is 22.1 Å². The highest BCUT2D eigenvalue weighted by Crippen LogP contribution is 2.29. The van der Waals surface area contributed by atoms with Gasteiger partial charge in [-0.2, -0.15) is 5.10 Å². The maximum Gasteiger partial charge on any atom is 0.295 e. The van der Waals surface area contributed by atoms with Gasteiger partial charge >= 0.3 is 0 Å². The highest BCUT2D eigenvalue weighted by Gasteiger charge is 2.24. The van der Waals surface area contributed by atoms with Crippen molar-refractivity contribution in [1.29, 1.82) is 0 Å². The molecule has 2 rings (SSSR count). The van der Waals surface area contributed by atoms with E-state index in [2.05, 4.69) is 24.4 Å². The van der Waals surface area contributed by atoms with E-state index in [1.807, 2.05) is 0 Å². The maximum absolute atomic E-state index is 11.3. The Bertz CT molecular complexity index is 733. The van der Waals surface area contributed by atoms with Gasteiger partial charge in [0, 0.05) is 11.8 Å². The zero-order valence-electron chi connectivity index (χ0n) is 13.0. The molecule has 1 aliphatic rings. The van der Waals surface area contributed by atoms with Gasteiger partial charge in [-0.3, -0.25) is 15.5 Å². The molecule has 2 atom stereocenters. The molecule has 0 bridgehead atoms. The molecule has 9 heteroatoms. The van der Waals surface area contributed by atoms with Crippen LogP contribution in [0.1, 0.15) is 33.1 Å². The fourth-order valence-corrected chi connectivity index (χ4v) is 3.32. The van der Waals surface area contributed by atoms with E-state index in [-0.39, 0.29) is 16.3 Å². The van der Waals surface area contributed by atoms with Gasteiger partial charge < -0.3 is 0 Å². The Morgan fingerprint density at radius 2 is 1.91 bits per heavy atom. The first-order valence-electron chi connectivity index (χ1n) is 7.35. The molecule has 1 fully saturated rings. The van der Waals surface area contributed by atoms with Crippen LogP contribution < -0.4 is 10.6 Å². The minimum absolute atomic E-state index is 0.139. The third kappa shape index (κ3) is 4.05. The summed E-state index contributed by atoms with van der Waals surface area (Å²) in [4.78, 5) is 10.2. The zero-order valence-corrected chi connectivity index (χ0v) is 13.8. The number of nitrogens with one attached hydrogen (secondary N) is 1. The number of anilines is 1. The van der Waals surface area contributed by atoms with Gasteiger partial charge in [-0.1, -0.05) is 20.3 Å². The van der Waals surface area contributed by atoms with Crippen molar-refractivity contribution in [3.05, 3.63) is 28.3 Å². The first-order chi connectivity index (χ1) is 10.7. The van der Waals surface area contributed by atoms with E-state index in [9.17, 15) is 18.5 Å². The Morgan fingerprint density at radius 1 is 1.30 bits per heavy atom. The normalized spacial score (nSPS) is 21.8. The van der Waals surface area contributed by atoms with Crippen molar-refractivity contribution < 1.29 is 13.3 Å². The summed E-state index contributed by atoms with van der Waals surface area (Å²) in [5.74, 6) is 0.628. The Hall–Kier alpha value is -2.00. The maximum atomic E-state index is 11.3. The molecular formula is C14H20N4O4S. The molecule has 3 N–H and O–H groups in total. The van der Waals surface area contributed by atoms with Crippen LogP contribution >= 0.6 is 0 Å². The largest absolute Gasteiger partial charge is 0.295 e. The van der Waals surface area contributed by atoms with Gasteiger partial charge in [0.05, 0.1) is 9.82 Å². The molecule has 0 heterocycles. The number of nitro groups is 1. The van der Waals surface area contributed by atoms with E-state index < -0.39 is 14.9 Å². The molecule has 0 aromatic heterocycles. The lowest BCUT2D eigenvalue weighted by atomic mass is 9.81. The van der Waals surface area contributed by atoms with Crippen molar-refractivity contribution in [3.8, 4) is 0 Å². The van der Waals surface area contributed by atoms with Crippen LogP contribution in [0, 0.1) is 22.0 Å². The summed E-state index contributed by atoms with van der Waals surface area (Å²) in [7, 11) is -4.00. The summed E-state index contributed by atoms with van der Waals surface area (Å²) >= 11 is 0. The van der Waals surface area contributed by atoms with Crippen molar-refractivity contribution in [3.63, 3.8) is 0 Å². The van der Waals surface area contributed by atoms with E-state index in [1.165, 1.54) is 12.1 Å². The minimum atomic E-state index is -4.00. The molecule has 0 aliphatic heterocycles. The smallest absolute Gasteiger partial charge is 0.272 e. The molecule has 23 heavy (non-hydrogen) atoms. The van der Waals surface area contributed by atoms with Crippen LogP contribution in [0.2, 0.25) is 0 Å². The second-order valence-electron chi connectivity index (χ2n) is 5.86. The molecule has 0 unspecified atom stereocenters. The lowest BCUT2D eigenvalue weighted by Crippen LogP contribution is -2.25. The lowest BCUT2D eigenvalue weighted by molar-refractivity contribution is -0.384. The number of hydrogen-bond acceptors (Lipinski definition) is 6. The van der Waals surface area contributed by atoms with Gasteiger partial charge in [-0.15, -0.1) is 0 Å². The Kier molecular flexibility index (Phi) is 5.00. The first-order valence-corrected chi connectivity index (χ1v) is 8.89. The second kappa shape index (κ2) is 6.63. The number of nitrogens with two attached hydrogens (primary N) is 1. The van der Waals surface area contributed by atoms with Crippen LogP contribution in [-0.4, -0.2) is 19.1 Å². The van der Waals surface area contributed by atoms with Gasteiger partial charge in [0.25, 0.3) is 5.69 Å². The quantitative estimate of drug-likeness (QED) is 0.642. The SMILES string of the molecule is C[C@@H]1CCC[C@@H](C)C1=NNc1ccc(S(N)(=O)=O)cc1[N+](=O)[O-]. The van der Waals surface area contributed by atoms with E-state index in [0.717, 1.165) is 31.0 Å². The summed E-state index contributed by atoms with van der Waals surface area (Å²) < 4.78 is 22.6. The highest BCUT2D eigenvalue weighted by atomic mass is 32.2. The Balaban J connectivity index is 2.34. The molecule has 0 radical (unpaired) electrons. The van der Waals surface area contributed by atoms with Crippen LogP contribution in [-0.2, 0) is 10.0 Å². The molecule has 1 aromatic rings. The van der Waals surface area contributed by atoms with Crippen LogP contribution in [0.15, 0.2) is 28.2 Å². The zero-order chi connectivity index (χ0) is 17.2. The standard InChI is InChI=1S/C14H20N4O4S/c1-9-4-3-5-10(2)14(9)17-16-12-7-6-11(23(15,21)22)8-13(12)18(19)20/h6-10,16H,3-5H2,1-2H3,(H2,15,21,22)/t9-,10-/m1/s1. The summed E-state index contributed by atoms with van der Waals surface area (Å²) in [6.07, 6.45) is 3.22. The average Bonchev–Trinajstić information content (AvgIpc) is 2.45. The van der Waals surface area contributed by atoms with Crippen LogP contribution in [0.5, 0.6) is 0 Å². The molecular weight excluding hydrogens is 320 g/mol. The van der Waals surface area contributed by atoms with Gasteiger partial charge in [-0.25, -0.2) is 13.6 Å². The summed E-state index contributed by atoms with van der Waals surface area (Å²) in [6.45, 7) is 4.16. The molecule has 0 amide bonds. The number of benzene rings is 1. The number of nitro benzene ring substituents is 1.